The third-order valence-electron chi connectivity index (χ3n) is 6.28. The normalized spacial score (nSPS) is 17.4. The summed E-state index contributed by atoms with van der Waals surface area (Å²) in [5.74, 6) is 0.636. The quantitative estimate of drug-likeness (QED) is 0.445. The van der Waals surface area contributed by atoms with Crippen LogP contribution < -0.4 is 0 Å². The maximum Gasteiger partial charge on any atom is 0.0964 e. The fourth-order valence-corrected chi connectivity index (χ4v) is 4.56. The molecule has 1 aliphatic carbocycles. The Bertz CT molecular complexity index is 976. The second-order valence-electron chi connectivity index (χ2n) is 8.86. The monoisotopic (exact) mass is 370 g/mol. The molecule has 0 saturated heterocycles. The lowest BCUT2D eigenvalue weighted by Gasteiger charge is -2.34. The van der Waals surface area contributed by atoms with Crippen LogP contribution in [-0.4, -0.2) is 11.2 Å². The summed E-state index contributed by atoms with van der Waals surface area (Å²) in [5, 5.41) is 1.28. The van der Waals surface area contributed by atoms with Crippen molar-refractivity contribution in [3.63, 3.8) is 0 Å². The average molecular weight is 371 g/mol. The molecule has 2 nitrogen and oxygen atoms in total. The van der Waals surface area contributed by atoms with Gasteiger partial charge in [0.25, 0.3) is 0 Å². The molecular weight excluding hydrogens is 340 g/mol. The van der Waals surface area contributed by atoms with E-state index in [9.17, 15) is 0 Å². The third kappa shape index (κ3) is 3.87. The summed E-state index contributed by atoms with van der Waals surface area (Å²) >= 11 is 0. The van der Waals surface area contributed by atoms with E-state index in [0.29, 0.717) is 11.3 Å². The first-order chi connectivity index (χ1) is 13.6. The standard InChI is InChI=1S/C26H30N2/c1-4-27-24-21(18-19-8-6-5-7-9-19)10-11-23-22(14-17-28-25(23)24)20-12-15-26(2,3)16-13-20/h4-11,14,17,20H,12-13,15-16,18H2,1-3H3. The first kappa shape index (κ1) is 18.9. The van der Waals surface area contributed by atoms with Crippen LogP contribution >= 0.6 is 0 Å². The molecule has 0 amide bonds. The summed E-state index contributed by atoms with van der Waals surface area (Å²) < 4.78 is 0. The molecule has 28 heavy (non-hydrogen) atoms. The van der Waals surface area contributed by atoms with E-state index < -0.39 is 0 Å². The van der Waals surface area contributed by atoms with Crippen LogP contribution in [0.4, 0.5) is 5.69 Å². The van der Waals surface area contributed by atoms with Crippen LogP contribution in [0.3, 0.4) is 0 Å². The molecule has 1 heterocycles. The number of hydrogen-bond acceptors (Lipinski definition) is 2. The van der Waals surface area contributed by atoms with Crippen LogP contribution in [0, 0.1) is 5.41 Å². The SMILES string of the molecule is CC=Nc1c(Cc2ccccc2)ccc2c(C3CCC(C)(C)CC3)ccnc12. The summed E-state index contributed by atoms with van der Waals surface area (Å²) in [6.07, 6.45) is 9.89. The lowest BCUT2D eigenvalue weighted by Crippen LogP contribution is -2.20. The predicted octanol–water partition coefficient (Wildman–Crippen LogP) is 7.23. The molecule has 2 heteroatoms. The lowest BCUT2D eigenvalue weighted by molar-refractivity contribution is 0.225. The molecular formula is C26H30N2. The summed E-state index contributed by atoms with van der Waals surface area (Å²) in [6, 6.07) is 17.4. The van der Waals surface area contributed by atoms with Gasteiger partial charge in [-0.25, -0.2) is 0 Å². The van der Waals surface area contributed by atoms with Gasteiger partial charge in [0.2, 0.25) is 0 Å². The minimum Gasteiger partial charge on any atom is -0.259 e. The molecule has 0 atom stereocenters. The third-order valence-corrected chi connectivity index (χ3v) is 6.28. The largest absolute Gasteiger partial charge is 0.259 e. The van der Waals surface area contributed by atoms with E-state index in [1.807, 2.05) is 19.3 Å². The van der Waals surface area contributed by atoms with E-state index in [-0.39, 0.29) is 0 Å². The Labute approximate surface area is 168 Å². The molecule has 4 rings (SSSR count). The molecule has 0 spiro atoms. The van der Waals surface area contributed by atoms with Gasteiger partial charge in [0.05, 0.1) is 11.2 Å². The van der Waals surface area contributed by atoms with E-state index in [4.69, 9.17) is 9.98 Å². The Morgan fingerprint density at radius 2 is 1.79 bits per heavy atom. The number of aromatic nitrogens is 1. The molecule has 0 unspecified atom stereocenters. The highest BCUT2D eigenvalue weighted by Gasteiger charge is 2.28. The van der Waals surface area contributed by atoms with Gasteiger partial charge in [-0.1, -0.05) is 56.3 Å². The van der Waals surface area contributed by atoms with Gasteiger partial charge in [-0.3, -0.25) is 9.98 Å². The first-order valence-corrected chi connectivity index (χ1v) is 10.5. The maximum absolute atomic E-state index is 4.77. The van der Waals surface area contributed by atoms with Gasteiger partial charge >= 0.3 is 0 Å². The Kier molecular flexibility index (Phi) is 5.30. The van der Waals surface area contributed by atoms with Crippen molar-refractivity contribution < 1.29 is 0 Å². The highest BCUT2D eigenvalue weighted by molar-refractivity contribution is 5.94. The van der Waals surface area contributed by atoms with Crippen LogP contribution in [-0.2, 0) is 6.42 Å². The zero-order chi connectivity index (χ0) is 19.6. The molecule has 0 radical (unpaired) electrons. The maximum atomic E-state index is 4.77. The summed E-state index contributed by atoms with van der Waals surface area (Å²) in [6.45, 7) is 6.79. The van der Waals surface area contributed by atoms with E-state index in [1.165, 1.54) is 47.8 Å². The second kappa shape index (κ2) is 7.87. The van der Waals surface area contributed by atoms with Gasteiger partial charge < -0.3 is 0 Å². The second-order valence-corrected chi connectivity index (χ2v) is 8.86. The smallest absolute Gasteiger partial charge is 0.0964 e. The molecule has 0 bridgehead atoms. The molecule has 1 aliphatic rings. The highest BCUT2D eigenvalue weighted by Crippen LogP contribution is 2.44. The number of aliphatic imine (C=N–C) groups is 1. The van der Waals surface area contributed by atoms with Crippen LogP contribution in [0.2, 0.25) is 0 Å². The van der Waals surface area contributed by atoms with Crippen molar-refractivity contribution in [1.29, 1.82) is 0 Å². The Morgan fingerprint density at radius 3 is 2.50 bits per heavy atom. The van der Waals surface area contributed by atoms with Crippen molar-refractivity contribution in [1.82, 2.24) is 4.98 Å². The van der Waals surface area contributed by atoms with Gasteiger partial charge in [-0.2, -0.15) is 0 Å². The molecule has 0 aliphatic heterocycles. The molecule has 1 aromatic heterocycles. The van der Waals surface area contributed by atoms with Crippen LogP contribution in [0.15, 0.2) is 59.7 Å². The zero-order valence-electron chi connectivity index (χ0n) is 17.3. The molecule has 2 aromatic carbocycles. The summed E-state index contributed by atoms with van der Waals surface area (Å²) in [7, 11) is 0. The number of fused-ring (bicyclic) bond motifs is 1. The van der Waals surface area contributed by atoms with Crippen molar-refractivity contribution in [2.45, 2.75) is 58.8 Å². The van der Waals surface area contributed by atoms with Crippen molar-refractivity contribution in [2.24, 2.45) is 10.4 Å². The number of pyridine rings is 1. The number of nitrogens with zero attached hydrogens (tertiary/aromatic N) is 2. The van der Waals surface area contributed by atoms with Gasteiger partial charge in [-0.15, -0.1) is 0 Å². The predicted molar refractivity (Wildman–Crippen MR) is 120 cm³/mol. The zero-order valence-corrected chi connectivity index (χ0v) is 17.3. The van der Waals surface area contributed by atoms with Gasteiger partial charge in [-0.05, 0) is 73.1 Å². The summed E-state index contributed by atoms with van der Waals surface area (Å²) in [5.41, 5.74) is 6.57. The Morgan fingerprint density at radius 1 is 1.04 bits per heavy atom. The van der Waals surface area contributed by atoms with Crippen molar-refractivity contribution in [2.75, 3.05) is 0 Å². The van der Waals surface area contributed by atoms with Gasteiger partial charge in [0.15, 0.2) is 0 Å². The van der Waals surface area contributed by atoms with Crippen LogP contribution in [0.1, 0.15) is 69.1 Å². The van der Waals surface area contributed by atoms with E-state index in [1.54, 1.807) is 0 Å². The van der Waals surface area contributed by atoms with E-state index in [0.717, 1.165) is 17.6 Å². The Hall–Kier alpha value is -2.48. The fraction of sp³-hybridized carbons (Fsp3) is 0.385. The number of rotatable bonds is 4. The molecule has 144 valence electrons. The highest BCUT2D eigenvalue weighted by atomic mass is 14.8. The fourth-order valence-electron chi connectivity index (χ4n) is 4.56. The Balaban J connectivity index is 1.76. The molecule has 1 saturated carbocycles. The minimum atomic E-state index is 0.486. The topological polar surface area (TPSA) is 25.2 Å². The molecule has 3 aromatic rings. The van der Waals surface area contributed by atoms with Crippen molar-refractivity contribution in [3.05, 3.63) is 71.4 Å². The molecule has 0 N–H and O–H groups in total. The number of benzene rings is 2. The van der Waals surface area contributed by atoms with Crippen LogP contribution in [0.5, 0.6) is 0 Å². The van der Waals surface area contributed by atoms with Crippen LogP contribution in [0.25, 0.3) is 10.9 Å². The van der Waals surface area contributed by atoms with E-state index in [2.05, 4.69) is 62.4 Å². The number of hydrogen-bond donors (Lipinski definition) is 0. The molecule has 1 fully saturated rings. The van der Waals surface area contributed by atoms with Crippen molar-refractivity contribution >= 4 is 22.8 Å². The summed E-state index contributed by atoms with van der Waals surface area (Å²) in [4.78, 5) is 9.53. The first-order valence-electron chi connectivity index (χ1n) is 10.5. The van der Waals surface area contributed by atoms with Gasteiger partial charge in [0.1, 0.15) is 0 Å². The lowest BCUT2D eigenvalue weighted by atomic mass is 9.71. The van der Waals surface area contributed by atoms with Gasteiger partial charge in [0, 0.05) is 17.8 Å². The minimum absolute atomic E-state index is 0.486. The van der Waals surface area contributed by atoms with E-state index >= 15 is 0 Å². The average Bonchev–Trinajstić information content (AvgIpc) is 2.70. The van der Waals surface area contributed by atoms with Crippen molar-refractivity contribution in [3.8, 4) is 0 Å².